The number of hydrogen-bond donors (Lipinski definition) is 0. The van der Waals surface area contributed by atoms with Crippen molar-refractivity contribution in [3.8, 4) is 34.2 Å². The van der Waals surface area contributed by atoms with E-state index < -0.39 is 0 Å². The summed E-state index contributed by atoms with van der Waals surface area (Å²) >= 11 is 0. The lowest BCUT2D eigenvalue weighted by molar-refractivity contribution is 1.02. The van der Waals surface area contributed by atoms with Crippen LogP contribution in [-0.4, -0.2) is 10.2 Å². The minimum atomic E-state index is 0.660. The molecule has 0 saturated carbocycles. The second kappa shape index (κ2) is 7.46. The Morgan fingerprint density at radius 1 is 0.538 bits per heavy atom. The fourth-order valence-corrected chi connectivity index (χ4v) is 2.76. The summed E-state index contributed by atoms with van der Waals surface area (Å²) in [6.45, 7) is 0. The molecule has 4 rings (SSSR count). The van der Waals surface area contributed by atoms with E-state index >= 15 is 0 Å². The van der Waals surface area contributed by atoms with Gasteiger partial charge in [-0.05, 0) is 29.7 Å². The van der Waals surface area contributed by atoms with Crippen LogP contribution in [-0.2, 0) is 0 Å². The fourth-order valence-electron chi connectivity index (χ4n) is 2.76. The van der Waals surface area contributed by atoms with Gasteiger partial charge in [-0.25, -0.2) is 0 Å². The first-order valence-electron chi connectivity index (χ1n) is 8.46. The number of hydrogen-bond acceptors (Lipinski definition) is 2. The van der Waals surface area contributed by atoms with Crippen LogP contribution in [0.4, 0.5) is 0 Å². The molecule has 2 nitrogen and oxygen atoms in total. The van der Waals surface area contributed by atoms with Crippen molar-refractivity contribution >= 4 is 0 Å². The second-order valence-electron chi connectivity index (χ2n) is 5.84. The summed E-state index contributed by atoms with van der Waals surface area (Å²) in [5, 5.41) is 8.82. The average molecular weight is 332 g/mol. The second-order valence-corrected chi connectivity index (χ2v) is 5.84. The van der Waals surface area contributed by atoms with Crippen LogP contribution in [0.25, 0.3) is 22.4 Å². The van der Waals surface area contributed by atoms with Gasteiger partial charge in [0.1, 0.15) is 11.4 Å². The smallest absolute Gasteiger partial charge is 0.136 e. The van der Waals surface area contributed by atoms with Gasteiger partial charge in [0.15, 0.2) is 0 Å². The first-order chi connectivity index (χ1) is 12.9. The molecule has 0 amide bonds. The van der Waals surface area contributed by atoms with Crippen molar-refractivity contribution in [2.45, 2.75) is 0 Å². The maximum absolute atomic E-state index is 4.49. The summed E-state index contributed by atoms with van der Waals surface area (Å²) in [5.74, 6) is 6.27. The molecule has 2 heteroatoms. The van der Waals surface area contributed by atoms with Crippen LogP contribution in [0.3, 0.4) is 0 Å². The van der Waals surface area contributed by atoms with Gasteiger partial charge in [-0.15, -0.1) is 10.2 Å². The monoisotopic (exact) mass is 332 g/mol. The van der Waals surface area contributed by atoms with Gasteiger partial charge in [-0.3, -0.25) is 0 Å². The minimum Gasteiger partial charge on any atom is -0.149 e. The van der Waals surface area contributed by atoms with E-state index in [1.165, 1.54) is 0 Å². The number of rotatable bonds is 2. The normalized spacial score (nSPS) is 10.0. The Morgan fingerprint density at radius 3 is 1.77 bits per heavy atom. The van der Waals surface area contributed by atoms with Crippen LogP contribution in [0, 0.1) is 11.8 Å². The highest BCUT2D eigenvalue weighted by Gasteiger charge is 2.10. The first-order valence-corrected chi connectivity index (χ1v) is 8.46. The third kappa shape index (κ3) is 3.53. The maximum Gasteiger partial charge on any atom is 0.136 e. The summed E-state index contributed by atoms with van der Waals surface area (Å²) in [7, 11) is 0. The highest BCUT2D eigenvalue weighted by molar-refractivity contribution is 5.80. The van der Waals surface area contributed by atoms with Crippen LogP contribution in [0.5, 0.6) is 0 Å². The molecule has 0 unspecified atom stereocenters. The minimum absolute atomic E-state index is 0.660. The molecule has 1 aromatic heterocycles. The molecule has 0 bridgehead atoms. The molecule has 0 N–H and O–H groups in total. The molecule has 0 spiro atoms. The quantitative estimate of drug-likeness (QED) is 0.471. The molecular weight excluding hydrogens is 316 g/mol. The van der Waals surface area contributed by atoms with Gasteiger partial charge in [0.25, 0.3) is 0 Å². The summed E-state index contributed by atoms with van der Waals surface area (Å²) in [6.07, 6.45) is 0. The zero-order chi connectivity index (χ0) is 17.6. The molecule has 122 valence electrons. The Labute approximate surface area is 153 Å². The molecule has 4 aromatic rings. The summed E-state index contributed by atoms with van der Waals surface area (Å²) in [5.41, 5.74) is 5.66. The molecule has 0 aliphatic heterocycles. The molecule has 1 heterocycles. The van der Waals surface area contributed by atoms with E-state index in [0.717, 1.165) is 27.9 Å². The van der Waals surface area contributed by atoms with E-state index in [1.807, 2.05) is 84.9 Å². The van der Waals surface area contributed by atoms with Gasteiger partial charge in [0, 0.05) is 16.7 Å². The molecule has 0 radical (unpaired) electrons. The average Bonchev–Trinajstić information content (AvgIpc) is 2.74. The van der Waals surface area contributed by atoms with Crippen LogP contribution >= 0.6 is 0 Å². The Balaban J connectivity index is 1.81. The molecular formula is C24H16N2. The van der Waals surface area contributed by atoms with Crippen LogP contribution in [0.15, 0.2) is 97.1 Å². The summed E-state index contributed by atoms with van der Waals surface area (Å²) < 4.78 is 0. The topological polar surface area (TPSA) is 25.8 Å². The van der Waals surface area contributed by atoms with Gasteiger partial charge in [0.05, 0.1) is 0 Å². The van der Waals surface area contributed by atoms with Gasteiger partial charge in [-0.1, -0.05) is 84.8 Å². The molecule has 0 saturated heterocycles. The fraction of sp³-hybridized carbons (Fsp3) is 0. The number of aromatic nitrogens is 2. The zero-order valence-corrected chi connectivity index (χ0v) is 14.1. The van der Waals surface area contributed by atoms with Crippen molar-refractivity contribution in [2.75, 3.05) is 0 Å². The Kier molecular flexibility index (Phi) is 4.54. The van der Waals surface area contributed by atoms with Crippen molar-refractivity contribution < 1.29 is 0 Å². The lowest BCUT2D eigenvalue weighted by atomic mass is 9.99. The predicted molar refractivity (Wildman–Crippen MR) is 105 cm³/mol. The highest BCUT2D eigenvalue weighted by Crippen LogP contribution is 2.30. The standard InChI is InChI=1S/C24H16N2/c1-4-10-19(11-5-1)16-17-22-18-23(20-12-6-2-7-13-20)24(26-25-22)21-14-8-3-9-15-21/h1-15,18H. The molecule has 3 aromatic carbocycles. The molecule has 0 aliphatic rings. The lowest BCUT2D eigenvalue weighted by Crippen LogP contribution is -1.95. The maximum atomic E-state index is 4.49. The van der Waals surface area contributed by atoms with Crippen molar-refractivity contribution in [3.63, 3.8) is 0 Å². The van der Waals surface area contributed by atoms with Crippen LogP contribution < -0.4 is 0 Å². The van der Waals surface area contributed by atoms with E-state index in [4.69, 9.17) is 0 Å². The van der Waals surface area contributed by atoms with Gasteiger partial charge in [0.2, 0.25) is 0 Å². The molecule has 26 heavy (non-hydrogen) atoms. The summed E-state index contributed by atoms with van der Waals surface area (Å²) in [6, 6.07) is 32.3. The Hall–Kier alpha value is -3.70. The molecule has 0 fully saturated rings. The third-order valence-corrected chi connectivity index (χ3v) is 4.03. The van der Waals surface area contributed by atoms with Gasteiger partial charge < -0.3 is 0 Å². The van der Waals surface area contributed by atoms with Crippen molar-refractivity contribution in [1.82, 2.24) is 10.2 Å². The third-order valence-electron chi connectivity index (χ3n) is 4.03. The van der Waals surface area contributed by atoms with Crippen LogP contribution in [0.1, 0.15) is 11.3 Å². The number of benzene rings is 3. The molecule has 0 aliphatic carbocycles. The predicted octanol–water partition coefficient (Wildman–Crippen LogP) is 5.21. The Morgan fingerprint density at radius 2 is 1.12 bits per heavy atom. The number of nitrogens with zero attached hydrogens (tertiary/aromatic N) is 2. The SMILES string of the molecule is C(#Cc1cc(-c2ccccc2)c(-c2ccccc2)nn1)c1ccccc1. The van der Waals surface area contributed by atoms with Gasteiger partial charge >= 0.3 is 0 Å². The summed E-state index contributed by atoms with van der Waals surface area (Å²) in [4.78, 5) is 0. The largest absolute Gasteiger partial charge is 0.149 e. The van der Waals surface area contributed by atoms with E-state index in [2.05, 4.69) is 34.2 Å². The van der Waals surface area contributed by atoms with Gasteiger partial charge in [-0.2, -0.15) is 0 Å². The van der Waals surface area contributed by atoms with E-state index in [9.17, 15) is 0 Å². The first kappa shape index (κ1) is 15.8. The van der Waals surface area contributed by atoms with Crippen molar-refractivity contribution in [2.24, 2.45) is 0 Å². The Bertz CT molecular complexity index is 1060. The van der Waals surface area contributed by atoms with Crippen molar-refractivity contribution in [3.05, 3.63) is 108 Å². The highest BCUT2D eigenvalue weighted by atomic mass is 15.1. The van der Waals surface area contributed by atoms with E-state index in [0.29, 0.717) is 5.69 Å². The van der Waals surface area contributed by atoms with Crippen molar-refractivity contribution in [1.29, 1.82) is 0 Å². The van der Waals surface area contributed by atoms with E-state index in [-0.39, 0.29) is 0 Å². The van der Waals surface area contributed by atoms with Crippen LogP contribution in [0.2, 0.25) is 0 Å². The van der Waals surface area contributed by atoms with E-state index in [1.54, 1.807) is 0 Å². The zero-order valence-electron chi connectivity index (χ0n) is 14.1. The lowest BCUT2D eigenvalue weighted by Gasteiger charge is -2.09. The molecule has 0 atom stereocenters.